The zero-order valence-corrected chi connectivity index (χ0v) is 13.8. The lowest BCUT2D eigenvalue weighted by Gasteiger charge is -2.34. The SMILES string of the molecule is C=C(C)c1c(-c2cnc(C3(O)CCC3)s2)cccc1S(=O)O. The number of nitrogens with zero attached hydrogens (tertiary/aromatic N) is 1. The van der Waals surface area contributed by atoms with E-state index >= 15 is 0 Å². The van der Waals surface area contributed by atoms with Crippen LogP contribution in [0.2, 0.25) is 0 Å². The number of hydrogen-bond acceptors (Lipinski definition) is 4. The van der Waals surface area contributed by atoms with Crippen LogP contribution in [0.5, 0.6) is 0 Å². The first-order chi connectivity index (χ1) is 10.4. The molecule has 0 radical (unpaired) electrons. The van der Waals surface area contributed by atoms with E-state index in [4.69, 9.17) is 0 Å². The molecule has 1 aromatic carbocycles. The summed E-state index contributed by atoms with van der Waals surface area (Å²) >= 11 is -0.634. The number of thiazole rings is 1. The van der Waals surface area contributed by atoms with E-state index in [9.17, 15) is 13.9 Å². The fourth-order valence-corrected chi connectivity index (χ4v) is 4.41. The molecular formula is C16H17NO3S2. The lowest BCUT2D eigenvalue weighted by molar-refractivity contribution is -0.0389. The van der Waals surface area contributed by atoms with Crippen molar-refractivity contribution in [3.63, 3.8) is 0 Å². The lowest BCUT2D eigenvalue weighted by atomic mass is 9.81. The molecule has 0 saturated heterocycles. The summed E-state index contributed by atoms with van der Waals surface area (Å²) in [6.45, 7) is 5.74. The summed E-state index contributed by atoms with van der Waals surface area (Å²) in [5, 5.41) is 11.1. The van der Waals surface area contributed by atoms with Gasteiger partial charge in [-0.15, -0.1) is 11.3 Å². The third-order valence-electron chi connectivity index (χ3n) is 3.99. The van der Waals surface area contributed by atoms with E-state index in [-0.39, 0.29) is 0 Å². The average Bonchev–Trinajstić information content (AvgIpc) is 2.93. The monoisotopic (exact) mass is 335 g/mol. The molecule has 0 spiro atoms. The highest BCUT2D eigenvalue weighted by Crippen LogP contribution is 2.45. The summed E-state index contributed by atoms with van der Waals surface area (Å²) in [4.78, 5) is 5.59. The predicted octanol–water partition coefficient (Wildman–Crippen LogP) is 3.80. The number of benzene rings is 1. The van der Waals surface area contributed by atoms with Crippen LogP contribution in [0.1, 0.15) is 36.8 Å². The summed E-state index contributed by atoms with van der Waals surface area (Å²) in [5.74, 6) is 0. The van der Waals surface area contributed by atoms with Crippen molar-refractivity contribution in [2.45, 2.75) is 36.7 Å². The van der Waals surface area contributed by atoms with Crippen molar-refractivity contribution in [2.24, 2.45) is 0 Å². The molecule has 0 amide bonds. The highest BCUT2D eigenvalue weighted by atomic mass is 32.2. The maximum atomic E-state index is 11.5. The molecule has 2 aromatic rings. The largest absolute Gasteiger partial charge is 0.383 e. The second-order valence-corrected chi connectivity index (χ2v) is 7.59. The molecule has 1 fully saturated rings. The molecule has 116 valence electrons. The molecule has 2 N–H and O–H groups in total. The van der Waals surface area contributed by atoms with Crippen LogP contribution in [0, 0.1) is 0 Å². The molecule has 1 heterocycles. The summed E-state index contributed by atoms with van der Waals surface area (Å²) in [6, 6.07) is 5.27. The molecule has 6 heteroatoms. The van der Waals surface area contributed by atoms with Gasteiger partial charge in [0.25, 0.3) is 0 Å². The summed E-state index contributed by atoms with van der Waals surface area (Å²) < 4.78 is 21.0. The van der Waals surface area contributed by atoms with E-state index in [1.165, 1.54) is 11.3 Å². The molecule has 1 unspecified atom stereocenters. The fraction of sp³-hybridized carbons (Fsp3) is 0.312. The zero-order valence-electron chi connectivity index (χ0n) is 12.2. The molecule has 0 bridgehead atoms. The Hall–Kier alpha value is -1.34. The van der Waals surface area contributed by atoms with Crippen molar-refractivity contribution in [1.82, 2.24) is 4.98 Å². The second-order valence-electron chi connectivity index (χ2n) is 5.62. The van der Waals surface area contributed by atoms with Crippen LogP contribution >= 0.6 is 11.3 Å². The summed E-state index contributed by atoms with van der Waals surface area (Å²) in [7, 11) is 0. The maximum absolute atomic E-state index is 11.5. The quantitative estimate of drug-likeness (QED) is 0.834. The van der Waals surface area contributed by atoms with E-state index < -0.39 is 16.7 Å². The summed E-state index contributed by atoms with van der Waals surface area (Å²) in [5.41, 5.74) is 1.45. The molecular weight excluding hydrogens is 318 g/mol. The highest BCUT2D eigenvalue weighted by molar-refractivity contribution is 7.79. The van der Waals surface area contributed by atoms with Crippen LogP contribution in [0.15, 0.2) is 35.9 Å². The van der Waals surface area contributed by atoms with Crippen molar-refractivity contribution >= 4 is 28.0 Å². The molecule has 4 nitrogen and oxygen atoms in total. The zero-order chi connectivity index (χ0) is 15.9. The van der Waals surface area contributed by atoms with E-state index in [2.05, 4.69) is 11.6 Å². The van der Waals surface area contributed by atoms with Crippen LogP contribution in [0.4, 0.5) is 0 Å². The number of aromatic nitrogens is 1. The number of aliphatic hydroxyl groups is 1. The van der Waals surface area contributed by atoms with Gasteiger partial charge in [-0.2, -0.15) is 0 Å². The Balaban J connectivity index is 2.10. The number of allylic oxidation sites excluding steroid dienone is 1. The van der Waals surface area contributed by atoms with Gasteiger partial charge in [-0.25, -0.2) is 9.19 Å². The first-order valence-corrected chi connectivity index (χ1v) is 8.93. The number of rotatable bonds is 4. The summed E-state index contributed by atoms with van der Waals surface area (Å²) in [6.07, 6.45) is 4.23. The van der Waals surface area contributed by atoms with Crippen LogP contribution in [-0.4, -0.2) is 18.9 Å². The minimum Gasteiger partial charge on any atom is -0.383 e. The molecule has 22 heavy (non-hydrogen) atoms. The van der Waals surface area contributed by atoms with Gasteiger partial charge >= 0.3 is 0 Å². The van der Waals surface area contributed by atoms with Gasteiger partial charge in [0, 0.05) is 17.3 Å². The van der Waals surface area contributed by atoms with Crippen LogP contribution < -0.4 is 0 Å². The molecule has 0 aliphatic heterocycles. The minimum atomic E-state index is -2.07. The van der Waals surface area contributed by atoms with Crippen molar-refractivity contribution in [2.75, 3.05) is 0 Å². The Bertz CT molecular complexity index is 763. The van der Waals surface area contributed by atoms with Crippen LogP contribution in [-0.2, 0) is 16.7 Å². The minimum absolute atomic E-state index is 0.349. The van der Waals surface area contributed by atoms with E-state index in [0.29, 0.717) is 10.5 Å². The van der Waals surface area contributed by atoms with Gasteiger partial charge < -0.3 is 9.66 Å². The molecule has 1 saturated carbocycles. The normalized spacial score (nSPS) is 17.8. The first kappa shape index (κ1) is 15.6. The van der Waals surface area contributed by atoms with Crippen LogP contribution in [0.3, 0.4) is 0 Å². The topological polar surface area (TPSA) is 70.4 Å². The first-order valence-electron chi connectivity index (χ1n) is 7.01. The van der Waals surface area contributed by atoms with Gasteiger partial charge in [0.2, 0.25) is 0 Å². The van der Waals surface area contributed by atoms with E-state index in [1.807, 2.05) is 13.0 Å². The van der Waals surface area contributed by atoms with E-state index in [1.54, 1.807) is 18.3 Å². The van der Waals surface area contributed by atoms with E-state index in [0.717, 1.165) is 40.3 Å². The Morgan fingerprint density at radius 2 is 2.18 bits per heavy atom. The van der Waals surface area contributed by atoms with Crippen molar-refractivity contribution in [3.8, 4) is 10.4 Å². The van der Waals surface area contributed by atoms with Gasteiger partial charge in [0.05, 0.1) is 9.77 Å². The Labute approximate surface area is 135 Å². The lowest BCUT2D eigenvalue weighted by Crippen LogP contribution is -2.33. The smallest absolute Gasteiger partial charge is 0.187 e. The second kappa shape index (κ2) is 5.70. The molecule has 1 aliphatic rings. The van der Waals surface area contributed by atoms with Gasteiger partial charge in [0.1, 0.15) is 10.6 Å². The van der Waals surface area contributed by atoms with Crippen molar-refractivity contribution in [1.29, 1.82) is 0 Å². The number of hydrogen-bond donors (Lipinski definition) is 2. The predicted molar refractivity (Wildman–Crippen MR) is 89.0 cm³/mol. The van der Waals surface area contributed by atoms with Crippen molar-refractivity contribution < 1.29 is 13.9 Å². The van der Waals surface area contributed by atoms with Gasteiger partial charge in [0.15, 0.2) is 11.1 Å². The van der Waals surface area contributed by atoms with Crippen LogP contribution in [0.25, 0.3) is 16.0 Å². The molecule has 1 aliphatic carbocycles. The Morgan fingerprint density at radius 1 is 1.45 bits per heavy atom. The average molecular weight is 335 g/mol. The Kier molecular flexibility index (Phi) is 4.03. The van der Waals surface area contributed by atoms with Crippen molar-refractivity contribution in [3.05, 3.63) is 41.5 Å². The molecule has 1 aromatic heterocycles. The Morgan fingerprint density at radius 3 is 2.73 bits per heavy atom. The van der Waals surface area contributed by atoms with Gasteiger partial charge in [-0.3, -0.25) is 0 Å². The molecule has 3 rings (SSSR count). The highest BCUT2D eigenvalue weighted by Gasteiger charge is 2.39. The molecule has 1 atom stereocenters. The third-order valence-corrected chi connectivity index (χ3v) is 5.93. The maximum Gasteiger partial charge on any atom is 0.187 e. The van der Waals surface area contributed by atoms with Gasteiger partial charge in [-0.1, -0.05) is 18.7 Å². The van der Waals surface area contributed by atoms with Gasteiger partial charge in [-0.05, 0) is 37.8 Å². The standard InChI is InChI=1S/C16H17NO3S2/c1-10(2)14-11(5-3-6-13(14)22(19)20)12-9-17-15(21-12)16(18)7-4-8-16/h3,5-6,9,18H,1,4,7-8H2,2H3,(H,19,20). The third kappa shape index (κ3) is 2.56. The fourth-order valence-electron chi connectivity index (χ4n) is 2.66.